The molecule has 1 amide bonds. The summed E-state index contributed by atoms with van der Waals surface area (Å²) in [5.41, 5.74) is 4.25. The number of thiazole rings is 1. The van der Waals surface area contributed by atoms with Crippen molar-refractivity contribution < 1.29 is 4.79 Å². The largest absolute Gasteiger partial charge is 0.334 e. The summed E-state index contributed by atoms with van der Waals surface area (Å²) in [6.45, 7) is 2.69. The summed E-state index contributed by atoms with van der Waals surface area (Å²) in [7, 11) is 0. The van der Waals surface area contributed by atoms with Gasteiger partial charge in [0.05, 0.1) is 27.8 Å². The van der Waals surface area contributed by atoms with Gasteiger partial charge in [0.25, 0.3) is 5.91 Å². The molecule has 1 atom stereocenters. The summed E-state index contributed by atoms with van der Waals surface area (Å²) in [5.74, 6) is 0.215. The topological polar surface area (TPSA) is 61.9 Å². The number of fused-ring (bicyclic) bond motifs is 2. The van der Waals surface area contributed by atoms with Gasteiger partial charge >= 0.3 is 0 Å². The molecule has 0 aliphatic carbocycles. The molecule has 7 heteroatoms. The van der Waals surface area contributed by atoms with Crippen LogP contribution in [0.2, 0.25) is 5.02 Å². The van der Waals surface area contributed by atoms with E-state index in [-0.39, 0.29) is 11.9 Å². The van der Waals surface area contributed by atoms with E-state index in [0.29, 0.717) is 22.9 Å². The second-order valence-electron chi connectivity index (χ2n) is 5.31. The van der Waals surface area contributed by atoms with Crippen molar-refractivity contribution in [3.8, 4) is 0 Å². The molecule has 1 aliphatic rings. The van der Waals surface area contributed by atoms with E-state index in [1.54, 1.807) is 17.4 Å². The van der Waals surface area contributed by atoms with Crippen LogP contribution >= 0.6 is 22.9 Å². The Morgan fingerprint density at radius 1 is 1.50 bits per heavy atom. The Morgan fingerprint density at radius 3 is 3.18 bits per heavy atom. The molecule has 1 aromatic carbocycles. The summed E-state index contributed by atoms with van der Waals surface area (Å²) in [4.78, 5) is 27.7. The van der Waals surface area contributed by atoms with Crippen molar-refractivity contribution in [3.63, 3.8) is 0 Å². The number of imidazole rings is 1. The van der Waals surface area contributed by atoms with Gasteiger partial charge in [-0.15, -0.1) is 11.3 Å². The van der Waals surface area contributed by atoms with E-state index in [1.165, 1.54) is 4.88 Å². The molecule has 4 rings (SSSR count). The Bertz CT molecular complexity index is 871. The lowest BCUT2D eigenvalue weighted by Crippen LogP contribution is -2.39. The highest BCUT2D eigenvalue weighted by atomic mass is 35.5. The summed E-state index contributed by atoms with van der Waals surface area (Å²) < 4.78 is 0. The van der Waals surface area contributed by atoms with Crippen LogP contribution < -0.4 is 0 Å². The van der Waals surface area contributed by atoms with E-state index in [4.69, 9.17) is 11.6 Å². The molecule has 112 valence electrons. The average Bonchev–Trinajstić information content (AvgIpc) is 3.14. The number of nitrogens with one attached hydrogen (secondary N) is 1. The van der Waals surface area contributed by atoms with Crippen molar-refractivity contribution in [3.05, 3.63) is 45.1 Å². The molecule has 1 aliphatic heterocycles. The highest BCUT2D eigenvalue weighted by Gasteiger charge is 2.31. The molecule has 0 bridgehead atoms. The summed E-state index contributed by atoms with van der Waals surface area (Å²) in [6.07, 6.45) is 0.844. The van der Waals surface area contributed by atoms with Crippen LogP contribution in [0.3, 0.4) is 0 Å². The summed E-state index contributed by atoms with van der Waals surface area (Å²) in [6, 6.07) is 5.43. The normalized spacial score (nSPS) is 17.7. The second kappa shape index (κ2) is 5.07. The van der Waals surface area contributed by atoms with Crippen LogP contribution in [-0.2, 0) is 6.42 Å². The maximum absolute atomic E-state index is 12.8. The third kappa shape index (κ3) is 2.02. The number of aromatic amines is 1. The molecular weight excluding hydrogens is 320 g/mol. The third-order valence-corrected chi connectivity index (χ3v) is 5.26. The first-order valence-corrected chi connectivity index (χ1v) is 8.28. The van der Waals surface area contributed by atoms with Crippen molar-refractivity contribution in [2.45, 2.75) is 19.4 Å². The second-order valence-corrected chi connectivity index (χ2v) is 6.65. The zero-order valence-corrected chi connectivity index (χ0v) is 13.4. The van der Waals surface area contributed by atoms with Crippen LogP contribution in [0.15, 0.2) is 23.7 Å². The Hall–Kier alpha value is -1.92. The van der Waals surface area contributed by atoms with Crippen LogP contribution in [0.5, 0.6) is 0 Å². The molecule has 0 saturated heterocycles. The lowest BCUT2D eigenvalue weighted by molar-refractivity contribution is 0.0664. The maximum atomic E-state index is 12.8. The Balaban J connectivity index is 1.70. The lowest BCUT2D eigenvalue weighted by atomic mass is 10.1. The van der Waals surface area contributed by atoms with E-state index in [9.17, 15) is 4.79 Å². The smallest absolute Gasteiger partial charge is 0.290 e. The van der Waals surface area contributed by atoms with Crippen LogP contribution in [0.4, 0.5) is 0 Å². The molecule has 22 heavy (non-hydrogen) atoms. The standard InChI is InChI=1S/C15H13ClN4OS/c1-8-12-11(22-7-17-12)5-6-20(8)15(21)14-18-10-4-2-3-9(16)13(10)19-14/h2-4,7-8H,5-6H2,1H3,(H,18,19)/t8-/m0/s1. The van der Waals surface area contributed by atoms with Gasteiger partial charge < -0.3 is 9.88 Å². The fourth-order valence-electron chi connectivity index (χ4n) is 2.88. The summed E-state index contributed by atoms with van der Waals surface area (Å²) in [5, 5.41) is 0.543. The van der Waals surface area contributed by atoms with Crippen LogP contribution in [-0.4, -0.2) is 32.3 Å². The van der Waals surface area contributed by atoms with E-state index >= 15 is 0 Å². The van der Waals surface area contributed by atoms with E-state index in [0.717, 1.165) is 17.6 Å². The molecule has 0 fully saturated rings. The number of rotatable bonds is 1. The highest BCUT2D eigenvalue weighted by molar-refractivity contribution is 7.09. The fourth-order valence-corrected chi connectivity index (χ4v) is 3.95. The molecule has 2 aromatic heterocycles. The Kier molecular flexibility index (Phi) is 3.16. The number of carbonyl (C=O) groups excluding carboxylic acids is 1. The molecule has 0 spiro atoms. The van der Waals surface area contributed by atoms with Gasteiger partial charge in [0.1, 0.15) is 5.52 Å². The van der Waals surface area contributed by atoms with E-state index < -0.39 is 0 Å². The van der Waals surface area contributed by atoms with Crippen molar-refractivity contribution >= 4 is 39.9 Å². The number of hydrogen-bond donors (Lipinski definition) is 1. The number of halogens is 1. The quantitative estimate of drug-likeness (QED) is 0.742. The monoisotopic (exact) mass is 332 g/mol. The van der Waals surface area contributed by atoms with Gasteiger partial charge in [0.2, 0.25) is 0 Å². The molecular formula is C15H13ClN4OS. The summed E-state index contributed by atoms with van der Waals surface area (Å²) >= 11 is 7.78. The number of hydrogen-bond acceptors (Lipinski definition) is 4. The van der Waals surface area contributed by atoms with Gasteiger partial charge in [0, 0.05) is 17.8 Å². The van der Waals surface area contributed by atoms with Crippen molar-refractivity contribution in [2.75, 3.05) is 6.54 Å². The molecule has 1 N–H and O–H groups in total. The van der Waals surface area contributed by atoms with Gasteiger partial charge in [-0.1, -0.05) is 17.7 Å². The van der Waals surface area contributed by atoms with Gasteiger partial charge in [-0.3, -0.25) is 4.79 Å². The van der Waals surface area contributed by atoms with Gasteiger partial charge in [0.15, 0.2) is 5.82 Å². The molecule has 0 saturated carbocycles. The first-order chi connectivity index (χ1) is 10.6. The number of nitrogens with zero attached hydrogens (tertiary/aromatic N) is 3. The first kappa shape index (κ1) is 13.7. The molecule has 0 radical (unpaired) electrons. The van der Waals surface area contributed by atoms with Gasteiger partial charge in [-0.2, -0.15) is 0 Å². The number of carbonyl (C=O) groups is 1. The van der Waals surface area contributed by atoms with Crippen LogP contribution in [0.25, 0.3) is 11.0 Å². The SMILES string of the molecule is C[C@H]1c2ncsc2CCN1C(=O)c1nc2c(Cl)cccc2[nH]1. The number of amides is 1. The number of H-pyrrole nitrogens is 1. The first-order valence-electron chi connectivity index (χ1n) is 7.02. The van der Waals surface area contributed by atoms with Crippen molar-refractivity contribution in [1.29, 1.82) is 0 Å². The number of benzene rings is 1. The molecule has 3 aromatic rings. The third-order valence-electron chi connectivity index (χ3n) is 4.04. The van der Waals surface area contributed by atoms with Crippen molar-refractivity contribution in [1.82, 2.24) is 19.9 Å². The van der Waals surface area contributed by atoms with Gasteiger partial charge in [-0.25, -0.2) is 9.97 Å². The molecule has 0 unspecified atom stereocenters. The van der Waals surface area contributed by atoms with E-state index in [2.05, 4.69) is 15.0 Å². The number of para-hydroxylation sites is 1. The Morgan fingerprint density at radius 2 is 2.36 bits per heavy atom. The Labute approximate surface area is 136 Å². The highest BCUT2D eigenvalue weighted by Crippen LogP contribution is 2.31. The van der Waals surface area contributed by atoms with E-state index in [1.807, 2.05) is 29.5 Å². The molecule has 3 heterocycles. The predicted octanol–water partition coefficient (Wildman–Crippen LogP) is 3.43. The minimum absolute atomic E-state index is 0.0359. The van der Waals surface area contributed by atoms with Gasteiger partial charge in [-0.05, 0) is 19.1 Å². The predicted molar refractivity (Wildman–Crippen MR) is 86.4 cm³/mol. The zero-order chi connectivity index (χ0) is 15.3. The minimum atomic E-state index is -0.113. The number of aromatic nitrogens is 3. The van der Waals surface area contributed by atoms with Crippen molar-refractivity contribution in [2.24, 2.45) is 0 Å². The lowest BCUT2D eigenvalue weighted by Gasteiger charge is -2.31. The maximum Gasteiger partial charge on any atom is 0.290 e. The minimum Gasteiger partial charge on any atom is -0.334 e. The van der Waals surface area contributed by atoms with Crippen LogP contribution in [0, 0.1) is 0 Å². The van der Waals surface area contributed by atoms with Crippen LogP contribution in [0.1, 0.15) is 34.2 Å². The zero-order valence-electron chi connectivity index (χ0n) is 11.8. The molecule has 5 nitrogen and oxygen atoms in total. The average molecular weight is 333 g/mol. The fraction of sp³-hybridized carbons (Fsp3) is 0.267.